The second kappa shape index (κ2) is 9.10. The summed E-state index contributed by atoms with van der Waals surface area (Å²) in [4.78, 5) is 25.8. The molecule has 6 nitrogen and oxygen atoms in total. The number of H-pyrrole nitrogens is 1. The number of fused-ring (bicyclic) bond motifs is 1. The third-order valence-electron chi connectivity index (χ3n) is 4.29. The second-order valence-corrected chi connectivity index (χ2v) is 6.79. The van der Waals surface area contributed by atoms with Gasteiger partial charge in [0.2, 0.25) is 0 Å². The Kier molecular flexibility index (Phi) is 6.34. The molecule has 28 heavy (non-hydrogen) atoms. The van der Waals surface area contributed by atoms with Gasteiger partial charge in [-0.05, 0) is 55.9 Å². The molecule has 144 valence electrons. The summed E-state index contributed by atoms with van der Waals surface area (Å²) in [6.45, 7) is 1.30. The molecule has 0 aliphatic heterocycles. The van der Waals surface area contributed by atoms with Crippen LogP contribution in [0.15, 0.2) is 53.5 Å². The molecule has 3 aromatic rings. The van der Waals surface area contributed by atoms with Crippen LogP contribution < -0.4 is 5.56 Å². The van der Waals surface area contributed by atoms with Crippen LogP contribution in [-0.4, -0.2) is 48.3 Å². The molecule has 0 atom stereocenters. The number of nitrogens with zero attached hydrogens (tertiary/aromatic N) is 2. The highest BCUT2D eigenvalue weighted by molar-refractivity contribution is 5.90. The Morgan fingerprint density at radius 3 is 2.57 bits per heavy atom. The quantitative estimate of drug-likeness (QED) is 0.389. The summed E-state index contributed by atoms with van der Waals surface area (Å²) < 4.78 is 5.28. The molecule has 1 heterocycles. The predicted molar refractivity (Wildman–Crippen MR) is 111 cm³/mol. The van der Waals surface area contributed by atoms with Gasteiger partial charge in [0.05, 0.1) is 23.8 Å². The zero-order valence-corrected chi connectivity index (χ0v) is 16.0. The van der Waals surface area contributed by atoms with Gasteiger partial charge >= 0.3 is 5.97 Å². The van der Waals surface area contributed by atoms with Crippen LogP contribution in [0.3, 0.4) is 0 Å². The summed E-state index contributed by atoms with van der Waals surface area (Å²) in [7, 11) is 3.98. The Morgan fingerprint density at radius 2 is 1.82 bits per heavy atom. The van der Waals surface area contributed by atoms with Crippen LogP contribution in [-0.2, 0) is 4.74 Å². The largest absolute Gasteiger partial charge is 0.462 e. The maximum absolute atomic E-state index is 12.0. The molecule has 0 spiro atoms. The molecule has 2 aromatic carbocycles. The Balaban J connectivity index is 1.62. The minimum atomic E-state index is -0.304. The molecule has 0 saturated heterocycles. The van der Waals surface area contributed by atoms with Crippen LogP contribution in [0.5, 0.6) is 0 Å². The van der Waals surface area contributed by atoms with E-state index in [1.807, 2.05) is 50.5 Å². The highest BCUT2D eigenvalue weighted by Gasteiger charge is 2.06. The van der Waals surface area contributed by atoms with Gasteiger partial charge in [0.15, 0.2) is 0 Å². The summed E-state index contributed by atoms with van der Waals surface area (Å²) in [5, 5.41) is 7.65. The van der Waals surface area contributed by atoms with Crippen LogP contribution in [0.1, 0.15) is 27.9 Å². The van der Waals surface area contributed by atoms with Gasteiger partial charge in [0.1, 0.15) is 0 Å². The average Bonchev–Trinajstić information content (AvgIpc) is 2.70. The number of benzene rings is 2. The molecule has 1 N–H and O–H groups in total. The first kappa shape index (κ1) is 19.5. The van der Waals surface area contributed by atoms with E-state index in [0.29, 0.717) is 17.6 Å². The summed E-state index contributed by atoms with van der Waals surface area (Å²) in [5.74, 6) is -0.304. The lowest BCUT2D eigenvalue weighted by molar-refractivity contribution is 0.0493. The number of esters is 1. The number of hydrogen-bond donors (Lipinski definition) is 1. The van der Waals surface area contributed by atoms with Gasteiger partial charge < -0.3 is 9.64 Å². The normalized spacial score (nSPS) is 11.4. The summed E-state index contributed by atoms with van der Waals surface area (Å²) in [5.41, 5.74) is 2.27. The topological polar surface area (TPSA) is 75.3 Å². The van der Waals surface area contributed by atoms with Gasteiger partial charge in [-0.15, -0.1) is 0 Å². The maximum Gasteiger partial charge on any atom is 0.338 e. The number of carbonyl (C=O) groups excluding carboxylic acids is 1. The molecule has 0 aliphatic rings. The highest BCUT2D eigenvalue weighted by Crippen LogP contribution is 2.15. The monoisotopic (exact) mass is 377 g/mol. The number of aromatic amines is 1. The number of nitrogens with one attached hydrogen (secondary N) is 1. The van der Waals surface area contributed by atoms with Crippen LogP contribution >= 0.6 is 0 Å². The van der Waals surface area contributed by atoms with E-state index in [-0.39, 0.29) is 11.5 Å². The van der Waals surface area contributed by atoms with E-state index in [2.05, 4.69) is 15.1 Å². The lowest BCUT2D eigenvalue weighted by atomic mass is 10.1. The van der Waals surface area contributed by atoms with E-state index >= 15 is 0 Å². The lowest BCUT2D eigenvalue weighted by Gasteiger charge is -2.09. The first-order valence-electron chi connectivity index (χ1n) is 9.10. The van der Waals surface area contributed by atoms with Gasteiger partial charge in [-0.25, -0.2) is 9.89 Å². The third kappa shape index (κ3) is 5.14. The average molecular weight is 377 g/mol. The van der Waals surface area contributed by atoms with Gasteiger partial charge in [0, 0.05) is 11.9 Å². The zero-order valence-electron chi connectivity index (χ0n) is 16.0. The van der Waals surface area contributed by atoms with Crippen LogP contribution in [0.2, 0.25) is 0 Å². The van der Waals surface area contributed by atoms with E-state index in [9.17, 15) is 9.59 Å². The molecular weight excluding hydrogens is 354 g/mol. The van der Waals surface area contributed by atoms with Gasteiger partial charge in [-0.2, -0.15) is 5.10 Å². The number of aromatic nitrogens is 2. The zero-order chi connectivity index (χ0) is 19.9. The number of rotatable bonds is 7. The maximum atomic E-state index is 12.0. The number of carbonyl (C=O) groups is 1. The van der Waals surface area contributed by atoms with Crippen molar-refractivity contribution in [3.63, 3.8) is 0 Å². The lowest BCUT2D eigenvalue weighted by Crippen LogP contribution is -2.16. The fourth-order valence-corrected chi connectivity index (χ4v) is 2.77. The van der Waals surface area contributed by atoms with E-state index in [1.54, 1.807) is 24.4 Å². The van der Waals surface area contributed by atoms with Crippen molar-refractivity contribution in [1.29, 1.82) is 0 Å². The predicted octanol–water partition coefficient (Wildman–Crippen LogP) is 3.20. The minimum absolute atomic E-state index is 0.197. The van der Waals surface area contributed by atoms with Crippen molar-refractivity contribution in [1.82, 2.24) is 15.1 Å². The van der Waals surface area contributed by atoms with Crippen LogP contribution in [0.4, 0.5) is 0 Å². The van der Waals surface area contributed by atoms with E-state index in [1.165, 1.54) is 0 Å². The van der Waals surface area contributed by atoms with Crippen molar-refractivity contribution in [2.24, 2.45) is 0 Å². The van der Waals surface area contributed by atoms with Crippen molar-refractivity contribution >= 4 is 28.9 Å². The Morgan fingerprint density at radius 1 is 1.11 bits per heavy atom. The van der Waals surface area contributed by atoms with Crippen molar-refractivity contribution in [3.05, 3.63) is 75.7 Å². The molecule has 3 rings (SSSR count). The Hall–Kier alpha value is -3.25. The molecule has 0 radical (unpaired) electrons. The van der Waals surface area contributed by atoms with E-state index < -0.39 is 0 Å². The van der Waals surface area contributed by atoms with Crippen LogP contribution in [0, 0.1) is 0 Å². The molecule has 6 heteroatoms. The summed E-state index contributed by atoms with van der Waals surface area (Å²) >= 11 is 0. The van der Waals surface area contributed by atoms with Crippen LogP contribution in [0.25, 0.3) is 22.9 Å². The highest BCUT2D eigenvalue weighted by atomic mass is 16.5. The molecule has 0 amide bonds. The van der Waals surface area contributed by atoms with Gasteiger partial charge in [0.25, 0.3) is 5.56 Å². The van der Waals surface area contributed by atoms with Crippen molar-refractivity contribution in [2.45, 2.75) is 6.42 Å². The smallest absolute Gasteiger partial charge is 0.338 e. The Labute approximate surface area is 163 Å². The van der Waals surface area contributed by atoms with E-state index in [0.717, 1.165) is 29.5 Å². The fourth-order valence-electron chi connectivity index (χ4n) is 2.77. The number of hydrogen-bond acceptors (Lipinski definition) is 5. The number of ether oxygens (including phenoxy) is 1. The molecule has 0 fully saturated rings. The van der Waals surface area contributed by atoms with E-state index in [4.69, 9.17) is 4.74 Å². The third-order valence-corrected chi connectivity index (χ3v) is 4.29. The van der Waals surface area contributed by atoms with Gasteiger partial charge in [-0.3, -0.25) is 4.79 Å². The SMILES string of the molecule is CN(C)CCCOC(=O)c1ccc(/C=C/c2ccc3c(=O)[nH]ncc3c2)cc1. The first-order valence-corrected chi connectivity index (χ1v) is 9.10. The van der Waals surface area contributed by atoms with Gasteiger partial charge in [-0.1, -0.05) is 30.4 Å². The molecular formula is C22H23N3O3. The first-order chi connectivity index (χ1) is 13.5. The standard InChI is InChI=1S/C22H23N3O3/c1-25(2)12-3-13-28-22(27)18-9-6-16(7-10-18)4-5-17-8-11-20-19(14-17)15-23-24-21(20)26/h4-11,14-15H,3,12-13H2,1-2H3,(H,24,26)/b5-4+. The molecule has 1 aromatic heterocycles. The molecule has 0 saturated carbocycles. The van der Waals surface area contributed by atoms with Crippen molar-refractivity contribution in [2.75, 3.05) is 27.2 Å². The molecule has 0 bridgehead atoms. The second-order valence-electron chi connectivity index (χ2n) is 6.79. The summed E-state index contributed by atoms with van der Waals surface area (Å²) in [6, 6.07) is 12.8. The summed E-state index contributed by atoms with van der Waals surface area (Å²) in [6.07, 6.45) is 6.35. The van der Waals surface area contributed by atoms with Crippen molar-refractivity contribution < 1.29 is 9.53 Å². The Bertz CT molecular complexity index is 1040. The molecule has 0 unspecified atom stereocenters. The minimum Gasteiger partial charge on any atom is -0.462 e. The molecule has 0 aliphatic carbocycles. The van der Waals surface area contributed by atoms with Crippen molar-refractivity contribution in [3.8, 4) is 0 Å². The fraction of sp³-hybridized carbons (Fsp3) is 0.227.